The second-order valence-corrected chi connectivity index (χ2v) is 12.2. The number of aryl methyl sites for hydroxylation is 1. The van der Waals surface area contributed by atoms with Crippen LogP contribution >= 0.6 is 0 Å². The number of nitrogens with one attached hydrogen (secondary N) is 1. The van der Waals surface area contributed by atoms with Gasteiger partial charge in [0.25, 0.3) is 5.91 Å². The van der Waals surface area contributed by atoms with Crippen LogP contribution < -0.4 is 19.1 Å². The number of amides is 2. The molecule has 4 aromatic rings. The van der Waals surface area contributed by atoms with Gasteiger partial charge in [-0.1, -0.05) is 36.4 Å². The van der Waals surface area contributed by atoms with Crippen LogP contribution in [0.3, 0.4) is 0 Å². The lowest BCUT2D eigenvalue weighted by Gasteiger charge is -2.28. The van der Waals surface area contributed by atoms with E-state index in [9.17, 15) is 18.0 Å². The predicted molar refractivity (Wildman–Crippen MR) is 159 cm³/mol. The first-order chi connectivity index (χ1) is 20.2. The van der Waals surface area contributed by atoms with Crippen molar-refractivity contribution >= 4 is 38.4 Å². The standard InChI is InChI=1S/C32H31N3O6S/c1-4-40-29-23-11-8-14-33-28(23)30(41-5-2)25-17-35(32(37)27(25)29)26-13-12-20(15-19(26)3)18-42(38,39)34-31(36)24-16-21-9-6-7-10-22(21)24/h6-15,24H,4-5,16-18H2,1-3H3,(H,34,36). The average molecular weight is 586 g/mol. The zero-order valence-corrected chi connectivity index (χ0v) is 24.5. The fraction of sp³-hybridized carbons (Fsp3) is 0.281. The van der Waals surface area contributed by atoms with Gasteiger partial charge >= 0.3 is 0 Å². The fourth-order valence-electron chi connectivity index (χ4n) is 5.91. The molecule has 1 atom stereocenters. The van der Waals surface area contributed by atoms with Crippen LogP contribution in [0, 0.1) is 6.92 Å². The van der Waals surface area contributed by atoms with E-state index in [2.05, 4.69) is 9.71 Å². The highest BCUT2D eigenvalue weighted by atomic mass is 32.2. The third-order valence-electron chi connectivity index (χ3n) is 7.76. The molecule has 2 amide bonds. The molecule has 1 N–H and O–H groups in total. The van der Waals surface area contributed by atoms with Crippen molar-refractivity contribution in [3.63, 3.8) is 0 Å². The molecule has 2 aliphatic rings. The number of hydrogen-bond donors (Lipinski definition) is 1. The van der Waals surface area contributed by atoms with Crippen molar-refractivity contribution in [1.29, 1.82) is 0 Å². The van der Waals surface area contributed by atoms with Crippen LogP contribution in [0.15, 0.2) is 60.8 Å². The molecule has 0 bridgehead atoms. The maximum absolute atomic E-state index is 13.9. The molecule has 42 heavy (non-hydrogen) atoms. The first-order valence-corrected chi connectivity index (χ1v) is 15.6. The smallest absolute Gasteiger partial charge is 0.262 e. The van der Waals surface area contributed by atoms with E-state index in [1.165, 1.54) is 0 Å². The van der Waals surface area contributed by atoms with Crippen LogP contribution in [0.2, 0.25) is 0 Å². The van der Waals surface area contributed by atoms with Gasteiger partial charge in [0.1, 0.15) is 11.3 Å². The van der Waals surface area contributed by atoms with Gasteiger partial charge < -0.3 is 14.4 Å². The molecule has 216 valence electrons. The van der Waals surface area contributed by atoms with Crippen LogP contribution in [0.5, 0.6) is 11.5 Å². The van der Waals surface area contributed by atoms with Gasteiger partial charge in [-0.3, -0.25) is 19.3 Å². The highest BCUT2D eigenvalue weighted by Gasteiger charge is 2.38. The van der Waals surface area contributed by atoms with Gasteiger partial charge in [-0.2, -0.15) is 0 Å². The number of anilines is 1. The van der Waals surface area contributed by atoms with E-state index in [0.717, 1.165) is 16.7 Å². The van der Waals surface area contributed by atoms with E-state index in [1.807, 2.05) is 51.1 Å². The summed E-state index contributed by atoms with van der Waals surface area (Å²) < 4.78 is 40.1. The summed E-state index contributed by atoms with van der Waals surface area (Å²) in [5.74, 6) is -0.513. The number of benzene rings is 3. The number of hydrogen-bond acceptors (Lipinski definition) is 7. The Morgan fingerprint density at radius 1 is 1.05 bits per heavy atom. The first-order valence-electron chi connectivity index (χ1n) is 13.9. The van der Waals surface area contributed by atoms with Crippen LogP contribution in [0.4, 0.5) is 5.69 Å². The number of fused-ring (bicyclic) bond motifs is 3. The van der Waals surface area contributed by atoms with E-state index in [4.69, 9.17) is 9.47 Å². The molecule has 0 spiro atoms. The molecular weight excluding hydrogens is 554 g/mol. The Morgan fingerprint density at radius 2 is 1.81 bits per heavy atom. The van der Waals surface area contributed by atoms with E-state index >= 15 is 0 Å². The maximum Gasteiger partial charge on any atom is 0.262 e. The fourth-order valence-corrected chi connectivity index (χ4v) is 7.05. The van der Waals surface area contributed by atoms with E-state index in [0.29, 0.717) is 64.4 Å². The third kappa shape index (κ3) is 4.75. The Morgan fingerprint density at radius 3 is 2.55 bits per heavy atom. The summed E-state index contributed by atoms with van der Waals surface area (Å²) >= 11 is 0. The molecule has 2 heterocycles. The number of rotatable bonds is 9. The first kappa shape index (κ1) is 27.7. The van der Waals surface area contributed by atoms with Gasteiger partial charge in [-0.05, 0) is 67.6 Å². The minimum atomic E-state index is -3.93. The lowest BCUT2D eigenvalue weighted by molar-refractivity contribution is -0.121. The molecule has 9 nitrogen and oxygen atoms in total. The minimum absolute atomic E-state index is 0.225. The zero-order valence-electron chi connectivity index (χ0n) is 23.6. The van der Waals surface area contributed by atoms with Crippen LogP contribution in [0.1, 0.15) is 57.9 Å². The Hall–Kier alpha value is -4.44. The zero-order chi connectivity index (χ0) is 29.6. The number of aromatic nitrogens is 1. The molecule has 0 fully saturated rings. The van der Waals surface area contributed by atoms with E-state index < -0.39 is 21.8 Å². The molecule has 1 unspecified atom stereocenters. The molecule has 3 aromatic carbocycles. The molecule has 1 aromatic heterocycles. The Kier molecular flexibility index (Phi) is 7.10. The Bertz CT molecular complexity index is 1850. The van der Waals surface area contributed by atoms with Crippen molar-refractivity contribution in [1.82, 2.24) is 9.71 Å². The topological polar surface area (TPSA) is 115 Å². The molecule has 6 rings (SSSR count). The summed E-state index contributed by atoms with van der Waals surface area (Å²) in [7, 11) is -3.93. The minimum Gasteiger partial charge on any atom is -0.492 e. The molecule has 10 heteroatoms. The van der Waals surface area contributed by atoms with Gasteiger partial charge in [-0.25, -0.2) is 8.42 Å². The van der Waals surface area contributed by atoms with E-state index in [-0.39, 0.29) is 18.2 Å². The second-order valence-electron chi connectivity index (χ2n) is 10.5. The van der Waals surface area contributed by atoms with Gasteiger partial charge in [0.2, 0.25) is 15.9 Å². The van der Waals surface area contributed by atoms with Gasteiger partial charge in [-0.15, -0.1) is 0 Å². The normalized spacial score (nSPS) is 15.6. The predicted octanol–water partition coefficient (Wildman–Crippen LogP) is 4.79. The highest BCUT2D eigenvalue weighted by molar-refractivity contribution is 7.89. The van der Waals surface area contributed by atoms with Crippen molar-refractivity contribution in [2.24, 2.45) is 0 Å². The number of carbonyl (C=O) groups is 2. The van der Waals surface area contributed by atoms with Crippen LogP contribution in [0.25, 0.3) is 10.9 Å². The summed E-state index contributed by atoms with van der Waals surface area (Å²) in [6.45, 7) is 6.63. The molecule has 1 aliphatic carbocycles. The summed E-state index contributed by atoms with van der Waals surface area (Å²) in [6, 6.07) is 16.4. The molecule has 1 aliphatic heterocycles. The van der Waals surface area contributed by atoms with Crippen molar-refractivity contribution in [3.8, 4) is 11.5 Å². The highest BCUT2D eigenvalue weighted by Crippen LogP contribution is 2.46. The van der Waals surface area contributed by atoms with Gasteiger partial charge in [0.15, 0.2) is 5.75 Å². The van der Waals surface area contributed by atoms with Crippen molar-refractivity contribution in [3.05, 3.63) is 94.2 Å². The third-order valence-corrected chi connectivity index (χ3v) is 8.98. The lowest BCUT2D eigenvalue weighted by Crippen LogP contribution is -2.39. The largest absolute Gasteiger partial charge is 0.492 e. The van der Waals surface area contributed by atoms with Crippen LogP contribution in [-0.2, 0) is 33.5 Å². The van der Waals surface area contributed by atoms with Gasteiger partial charge in [0, 0.05) is 22.8 Å². The maximum atomic E-state index is 13.9. The number of sulfonamides is 1. The number of pyridine rings is 1. The molecular formula is C32H31N3O6S. The SMILES string of the molecule is CCOc1c2c(c(OCC)c3ncccc13)CN(c1ccc(CS(=O)(=O)NC(=O)C3Cc4ccccc43)cc1C)C2=O. The summed E-state index contributed by atoms with van der Waals surface area (Å²) in [5.41, 5.74) is 5.61. The monoisotopic (exact) mass is 585 g/mol. The van der Waals surface area contributed by atoms with Gasteiger partial charge in [0.05, 0.1) is 37.0 Å². The molecule has 0 saturated carbocycles. The summed E-state index contributed by atoms with van der Waals surface area (Å²) in [6.07, 6.45) is 2.21. The number of nitrogens with zero attached hydrogens (tertiary/aromatic N) is 2. The lowest BCUT2D eigenvalue weighted by atomic mass is 9.77. The molecule has 0 saturated heterocycles. The number of ether oxygens (including phenoxy) is 2. The van der Waals surface area contributed by atoms with Crippen LogP contribution in [-0.4, -0.2) is 38.4 Å². The summed E-state index contributed by atoms with van der Waals surface area (Å²) in [5, 5.41) is 0.710. The molecule has 0 radical (unpaired) electrons. The number of carbonyl (C=O) groups excluding carboxylic acids is 2. The van der Waals surface area contributed by atoms with E-state index in [1.54, 1.807) is 35.4 Å². The second kappa shape index (κ2) is 10.8. The Balaban J connectivity index is 1.26. The van der Waals surface area contributed by atoms with Crippen molar-refractivity contribution < 1.29 is 27.5 Å². The quantitative estimate of drug-likeness (QED) is 0.300. The van der Waals surface area contributed by atoms with Crippen molar-refractivity contribution in [2.75, 3.05) is 18.1 Å². The van der Waals surface area contributed by atoms with Crippen molar-refractivity contribution in [2.45, 2.75) is 45.4 Å². The summed E-state index contributed by atoms with van der Waals surface area (Å²) in [4.78, 5) is 32.8. The Labute approximate surface area is 244 Å². The average Bonchev–Trinajstić information content (AvgIpc) is 3.27.